The number of aryl methyl sites for hydroxylation is 1. The molecule has 0 aliphatic rings. The number of para-hydroxylation sites is 1. The molecule has 8 heteroatoms. The SMILES string of the molecule is C=C(/C=C/c1c(Nc2c(F)cccc2F)nc(SC)nc1-c1ccc(F)cc1C)OCC. The Morgan fingerprint density at radius 3 is 2.50 bits per heavy atom. The van der Waals surface area contributed by atoms with E-state index in [1.54, 1.807) is 31.4 Å². The predicted molar refractivity (Wildman–Crippen MR) is 123 cm³/mol. The van der Waals surface area contributed by atoms with Crippen LogP contribution in [0, 0.1) is 24.4 Å². The lowest BCUT2D eigenvalue weighted by molar-refractivity contribution is 0.244. The second kappa shape index (κ2) is 10.4. The van der Waals surface area contributed by atoms with Gasteiger partial charge in [0.2, 0.25) is 0 Å². The summed E-state index contributed by atoms with van der Waals surface area (Å²) in [5.74, 6) is -1.32. The maximum Gasteiger partial charge on any atom is 0.189 e. The molecule has 0 saturated heterocycles. The molecule has 0 fully saturated rings. The Labute approximate surface area is 189 Å². The third kappa shape index (κ3) is 5.31. The second-order valence-electron chi connectivity index (χ2n) is 6.73. The molecule has 1 aromatic heterocycles. The van der Waals surface area contributed by atoms with Gasteiger partial charge in [0.05, 0.1) is 12.3 Å². The third-order valence-electron chi connectivity index (χ3n) is 4.52. The van der Waals surface area contributed by atoms with Gasteiger partial charge in [0.1, 0.15) is 34.7 Å². The number of halogens is 3. The average Bonchev–Trinajstić information content (AvgIpc) is 2.75. The lowest BCUT2D eigenvalue weighted by Crippen LogP contribution is -2.06. The summed E-state index contributed by atoms with van der Waals surface area (Å²) in [6.45, 7) is 7.84. The highest BCUT2D eigenvalue weighted by atomic mass is 32.2. The molecule has 0 spiro atoms. The van der Waals surface area contributed by atoms with Crippen molar-refractivity contribution in [3.05, 3.63) is 83.4 Å². The van der Waals surface area contributed by atoms with E-state index in [0.717, 1.165) is 12.1 Å². The van der Waals surface area contributed by atoms with Crippen molar-refractivity contribution in [2.75, 3.05) is 18.2 Å². The Kier molecular flexibility index (Phi) is 7.58. The Balaban J connectivity index is 2.25. The molecule has 0 radical (unpaired) electrons. The van der Waals surface area contributed by atoms with E-state index in [0.29, 0.717) is 39.9 Å². The Hall–Kier alpha value is -3.26. The van der Waals surface area contributed by atoms with Crippen LogP contribution in [-0.2, 0) is 4.74 Å². The van der Waals surface area contributed by atoms with Crippen LogP contribution < -0.4 is 5.32 Å². The average molecular weight is 458 g/mol. The summed E-state index contributed by atoms with van der Waals surface area (Å²) in [4.78, 5) is 9.04. The van der Waals surface area contributed by atoms with Gasteiger partial charge >= 0.3 is 0 Å². The van der Waals surface area contributed by atoms with E-state index in [1.807, 2.05) is 6.92 Å². The fourth-order valence-corrected chi connectivity index (χ4v) is 3.40. The molecule has 1 N–H and O–H groups in total. The van der Waals surface area contributed by atoms with Gasteiger partial charge in [-0.15, -0.1) is 0 Å². The van der Waals surface area contributed by atoms with Crippen molar-refractivity contribution in [3.8, 4) is 11.3 Å². The fourth-order valence-electron chi connectivity index (χ4n) is 3.04. The number of hydrogen-bond donors (Lipinski definition) is 1. The van der Waals surface area contributed by atoms with E-state index in [4.69, 9.17) is 4.74 Å². The van der Waals surface area contributed by atoms with Crippen LogP contribution in [0.25, 0.3) is 17.3 Å². The van der Waals surface area contributed by atoms with Crippen LogP contribution in [0.4, 0.5) is 24.7 Å². The molecule has 0 aliphatic carbocycles. The maximum atomic E-state index is 14.4. The molecule has 0 bridgehead atoms. The zero-order valence-corrected chi connectivity index (χ0v) is 18.7. The predicted octanol–water partition coefficient (Wildman–Crippen LogP) is 6.90. The summed E-state index contributed by atoms with van der Waals surface area (Å²) >= 11 is 1.27. The summed E-state index contributed by atoms with van der Waals surface area (Å²) in [6, 6.07) is 7.92. The Bertz CT molecular complexity index is 1160. The second-order valence-corrected chi connectivity index (χ2v) is 7.51. The largest absolute Gasteiger partial charge is 0.495 e. The number of anilines is 2. The van der Waals surface area contributed by atoms with Crippen LogP contribution in [0.5, 0.6) is 0 Å². The van der Waals surface area contributed by atoms with E-state index in [2.05, 4.69) is 21.9 Å². The number of nitrogens with zero attached hydrogens (tertiary/aromatic N) is 2. The molecule has 2 aromatic carbocycles. The first-order valence-electron chi connectivity index (χ1n) is 9.77. The highest BCUT2D eigenvalue weighted by Crippen LogP contribution is 2.34. The van der Waals surface area contributed by atoms with Crippen LogP contribution in [0.2, 0.25) is 0 Å². The van der Waals surface area contributed by atoms with Gasteiger partial charge in [0, 0.05) is 11.1 Å². The number of ether oxygens (including phenoxy) is 1. The molecule has 166 valence electrons. The van der Waals surface area contributed by atoms with Crippen molar-refractivity contribution in [2.45, 2.75) is 19.0 Å². The maximum absolute atomic E-state index is 14.4. The number of hydrogen-bond acceptors (Lipinski definition) is 5. The van der Waals surface area contributed by atoms with Crippen molar-refractivity contribution in [3.63, 3.8) is 0 Å². The van der Waals surface area contributed by atoms with E-state index in [-0.39, 0.29) is 17.3 Å². The van der Waals surface area contributed by atoms with Crippen molar-refractivity contribution in [2.24, 2.45) is 0 Å². The van der Waals surface area contributed by atoms with Crippen molar-refractivity contribution < 1.29 is 17.9 Å². The van der Waals surface area contributed by atoms with Gasteiger partial charge in [-0.2, -0.15) is 0 Å². The lowest BCUT2D eigenvalue weighted by atomic mass is 10.0. The molecule has 32 heavy (non-hydrogen) atoms. The molecule has 0 saturated carbocycles. The van der Waals surface area contributed by atoms with Gasteiger partial charge in [-0.05, 0) is 68.2 Å². The minimum Gasteiger partial charge on any atom is -0.495 e. The molecular weight excluding hydrogens is 435 g/mol. The van der Waals surface area contributed by atoms with Gasteiger partial charge in [-0.25, -0.2) is 23.1 Å². The zero-order chi connectivity index (χ0) is 23.3. The van der Waals surface area contributed by atoms with Gasteiger partial charge < -0.3 is 10.1 Å². The van der Waals surface area contributed by atoms with Gasteiger partial charge in [0.25, 0.3) is 0 Å². The number of rotatable bonds is 8. The summed E-state index contributed by atoms with van der Waals surface area (Å²) in [5, 5.41) is 3.15. The molecule has 3 rings (SSSR count). The number of allylic oxidation sites excluding steroid dienone is 1. The summed E-state index contributed by atoms with van der Waals surface area (Å²) < 4.78 is 47.8. The van der Waals surface area contributed by atoms with E-state index in [9.17, 15) is 13.2 Å². The van der Waals surface area contributed by atoms with Crippen molar-refractivity contribution in [1.82, 2.24) is 9.97 Å². The van der Waals surface area contributed by atoms with E-state index in [1.165, 1.54) is 30.0 Å². The molecule has 0 unspecified atom stereocenters. The van der Waals surface area contributed by atoms with Crippen LogP contribution in [0.3, 0.4) is 0 Å². The summed E-state index contributed by atoms with van der Waals surface area (Å²) in [7, 11) is 0. The van der Waals surface area contributed by atoms with Crippen molar-refractivity contribution >= 4 is 29.3 Å². The molecule has 0 amide bonds. The van der Waals surface area contributed by atoms with Gasteiger partial charge in [-0.1, -0.05) is 24.4 Å². The van der Waals surface area contributed by atoms with E-state index < -0.39 is 11.6 Å². The molecular formula is C24H22F3N3OS. The number of nitrogens with one attached hydrogen (secondary N) is 1. The first kappa shape index (κ1) is 23.4. The van der Waals surface area contributed by atoms with Crippen LogP contribution in [0.1, 0.15) is 18.1 Å². The van der Waals surface area contributed by atoms with Crippen LogP contribution in [-0.4, -0.2) is 22.8 Å². The topological polar surface area (TPSA) is 47.0 Å². The minimum atomic E-state index is -0.762. The lowest BCUT2D eigenvalue weighted by Gasteiger charge is -2.16. The van der Waals surface area contributed by atoms with Gasteiger partial charge in [-0.3, -0.25) is 0 Å². The third-order valence-corrected chi connectivity index (χ3v) is 5.07. The fraction of sp³-hybridized carbons (Fsp3) is 0.167. The molecule has 0 atom stereocenters. The van der Waals surface area contributed by atoms with E-state index >= 15 is 0 Å². The molecule has 3 aromatic rings. The quantitative estimate of drug-likeness (QED) is 0.173. The zero-order valence-electron chi connectivity index (χ0n) is 17.9. The Morgan fingerprint density at radius 2 is 1.88 bits per heavy atom. The summed E-state index contributed by atoms with van der Waals surface area (Å²) in [6.07, 6.45) is 5.06. The highest BCUT2D eigenvalue weighted by molar-refractivity contribution is 7.98. The van der Waals surface area contributed by atoms with Gasteiger partial charge in [0.15, 0.2) is 5.16 Å². The molecule has 1 heterocycles. The highest BCUT2D eigenvalue weighted by Gasteiger charge is 2.19. The van der Waals surface area contributed by atoms with Crippen molar-refractivity contribution in [1.29, 1.82) is 0 Å². The summed E-state index contributed by atoms with van der Waals surface area (Å²) in [5.41, 5.74) is 1.89. The number of aromatic nitrogens is 2. The standard InChI is InChI=1S/C24H22F3N3OS/c1-5-31-15(3)9-11-18-21(17-12-10-16(25)13-14(17)2)29-24(32-4)30-23(18)28-22-19(26)7-6-8-20(22)27/h6-13H,3,5H2,1-2,4H3,(H,28,29,30)/b11-9+. The number of benzene rings is 2. The first-order valence-corrected chi connectivity index (χ1v) is 11.0. The monoisotopic (exact) mass is 457 g/mol. The molecule has 4 nitrogen and oxygen atoms in total. The Morgan fingerprint density at radius 1 is 1.16 bits per heavy atom. The first-order chi connectivity index (χ1) is 15.3. The number of thioether (sulfide) groups is 1. The minimum absolute atomic E-state index is 0.188. The smallest absolute Gasteiger partial charge is 0.189 e. The van der Waals surface area contributed by atoms with Crippen LogP contribution in [0.15, 0.2) is 60.0 Å². The normalized spacial score (nSPS) is 11.1. The molecule has 0 aliphatic heterocycles. The van der Waals surface area contributed by atoms with Crippen LogP contribution >= 0.6 is 11.8 Å².